The van der Waals surface area contributed by atoms with Crippen molar-refractivity contribution in [1.29, 1.82) is 0 Å². The normalized spacial score (nSPS) is 27.8. The predicted octanol–water partition coefficient (Wildman–Crippen LogP) is 2.57. The van der Waals surface area contributed by atoms with E-state index in [0.29, 0.717) is 31.2 Å². The molecule has 1 fully saturated rings. The van der Waals surface area contributed by atoms with E-state index in [2.05, 4.69) is 45.1 Å². The third kappa shape index (κ3) is 6.53. The van der Waals surface area contributed by atoms with E-state index in [0.717, 1.165) is 6.42 Å². The number of hydrazine groups is 1. The molecule has 1 aliphatic rings. The zero-order valence-corrected chi connectivity index (χ0v) is 13.9. The number of piperidine rings is 1. The Morgan fingerprint density at radius 3 is 2.35 bits per heavy atom. The van der Waals surface area contributed by atoms with Crippen molar-refractivity contribution in [1.82, 2.24) is 10.4 Å². The Labute approximate surface area is 124 Å². The van der Waals surface area contributed by atoms with Crippen LogP contribution in [0.15, 0.2) is 0 Å². The minimum Gasteiger partial charge on any atom is -0.389 e. The largest absolute Gasteiger partial charge is 0.389 e. The molecule has 120 valence electrons. The summed E-state index contributed by atoms with van der Waals surface area (Å²) in [5.74, 6) is 0.635. The summed E-state index contributed by atoms with van der Waals surface area (Å²) in [5, 5.41) is 12.3. The third-order valence-electron chi connectivity index (χ3n) is 4.08. The lowest BCUT2D eigenvalue weighted by Crippen LogP contribution is -2.54. The number of ether oxygens (including phenoxy) is 1. The highest BCUT2D eigenvalue weighted by Gasteiger charge is 2.24. The summed E-state index contributed by atoms with van der Waals surface area (Å²) in [6.45, 7) is 11.9. The molecule has 0 aliphatic carbocycles. The SMILES string of the molecule is CC(C)CC(C)OCC(O)CNN1C(C)CCCC1C. The lowest BCUT2D eigenvalue weighted by Gasteiger charge is -2.39. The van der Waals surface area contributed by atoms with E-state index in [9.17, 15) is 5.11 Å². The van der Waals surface area contributed by atoms with Gasteiger partial charge in [-0.2, -0.15) is 0 Å². The number of hydrogen-bond acceptors (Lipinski definition) is 4. The predicted molar refractivity (Wildman–Crippen MR) is 83.5 cm³/mol. The van der Waals surface area contributed by atoms with Gasteiger partial charge in [-0.25, -0.2) is 5.01 Å². The molecule has 1 saturated heterocycles. The molecule has 0 amide bonds. The number of nitrogens with one attached hydrogen (secondary N) is 1. The maximum Gasteiger partial charge on any atom is 0.0911 e. The van der Waals surface area contributed by atoms with E-state index in [1.54, 1.807) is 0 Å². The second-order valence-corrected chi connectivity index (χ2v) is 6.83. The number of aliphatic hydroxyl groups is 1. The molecule has 0 spiro atoms. The minimum atomic E-state index is -0.439. The molecule has 0 aromatic rings. The Morgan fingerprint density at radius 1 is 1.20 bits per heavy atom. The molecule has 0 bridgehead atoms. The van der Waals surface area contributed by atoms with Crippen LogP contribution in [-0.2, 0) is 4.74 Å². The number of aliphatic hydroxyl groups excluding tert-OH is 1. The molecule has 0 saturated carbocycles. The molecule has 4 unspecified atom stereocenters. The Morgan fingerprint density at radius 2 is 1.80 bits per heavy atom. The van der Waals surface area contributed by atoms with Crippen molar-refractivity contribution in [3.8, 4) is 0 Å². The van der Waals surface area contributed by atoms with Crippen molar-refractivity contribution in [2.45, 2.75) is 84.6 Å². The summed E-state index contributed by atoms with van der Waals surface area (Å²) in [6.07, 6.45) is 4.59. The number of rotatable bonds is 8. The third-order valence-corrected chi connectivity index (χ3v) is 4.08. The molecule has 0 radical (unpaired) electrons. The summed E-state index contributed by atoms with van der Waals surface area (Å²) in [7, 11) is 0. The maximum atomic E-state index is 10.0. The van der Waals surface area contributed by atoms with E-state index in [1.807, 2.05) is 0 Å². The van der Waals surface area contributed by atoms with Gasteiger partial charge in [0.1, 0.15) is 0 Å². The van der Waals surface area contributed by atoms with E-state index in [1.165, 1.54) is 19.3 Å². The van der Waals surface area contributed by atoms with E-state index < -0.39 is 6.10 Å². The smallest absolute Gasteiger partial charge is 0.0911 e. The summed E-state index contributed by atoms with van der Waals surface area (Å²) >= 11 is 0. The van der Waals surface area contributed by atoms with Crippen molar-refractivity contribution in [3.63, 3.8) is 0 Å². The first-order chi connectivity index (χ1) is 9.40. The highest BCUT2D eigenvalue weighted by atomic mass is 16.5. The van der Waals surface area contributed by atoms with Crippen molar-refractivity contribution in [3.05, 3.63) is 0 Å². The van der Waals surface area contributed by atoms with Crippen molar-refractivity contribution < 1.29 is 9.84 Å². The summed E-state index contributed by atoms with van der Waals surface area (Å²) in [4.78, 5) is 0. The standard InChI is InChI=1S/C16H34N2O2/c1-12(2)9-15(5)20-11-16(19)10-17-18-13(3)7-6-8-14(18)4/h12-17,19H,6-11H2,1-5H3. The van der Waals surface area contributed by atoms with Crippen LogP contribution in [0.25, 0.3) is 0 Å². The number of hydrogen-bond donors (Lipinski definition) is 2. The minimum absolute atomic E-state index is 0.220. The Balaban J connectivity index is 2.20. The molecule has 2 N–H and O–H groups in total. The van der Waals surface area contributed by atoms with Crippen LogP contribution in [0.2, 0.25) is 0 Å². The van der Waals surface area contributed by atoms with Gasteiger partial charge in [-0.1, -0.05) is 20.3 Å². The lowest BCUT2D eigenvalue weighted by molar-refractivity contribution is -0.0270. The van der Waals surface area contributed by atoms with Gasteiger partial charge in [-0.05, 0) is 46.0 Å². The fourth-order valence-corrected chi connectivity index (χ4v) is 3.01. The second kappa shape index (κ2) is 8.98. The summed E-state index contributed by atoms with van der Waals surface area (Å²) in [5.41, 5.74) is 3.39. The zero-order valence-electron chi connectivity index (χ0n) is 13.9. The van der Waals surface area contributed by atoms with E-state index in [4.69, 9.17) is 4.74 Å². The Kier molecular flexibility index (Phi) is 8.03. The van der Waals surface area contributed by atoms with Crippen molar-refractivity contribution >= 4 is 0 Å². The van der Waals surface area contributed by atoms with Gasteiger partial charge in [0.05, 0.1) is 18.8 Å². The Hall–Kier alpha value is -0.160. The molecule has 4 atom stereocenters. The first-order valence-corrected chi connectivity index (χ1v) is 8.21. The van der Waals surface area contributed by atoms with Crippen LogP contribution >= 0.6 is 0 Å². The monoisotopic (exact) mass is 286 g/mol. The van der Waals surface area contributed by atoms with Crippen LogP contribution in [0, 0.1) is 5.92 Å². The van der Waals surface area contributed by atoms with Crippen LogP contribution in [0.1, 0.15) is 60.3 Å². The average molecular weight is 286 g/mol. The Bertz CT molecular complexity index is 251. The maximum absolute atomic E-state index is 10.0. The molecule has 4 nitrogen and oxygen atoms in total. The first-order valence-electron chi connectivity index (χ1n) is 8.21. The van der Waals surface area contributed by atoms with Gasteiger partial charge in [-0.15, -0.1) is 0 Å². The van der Waals surface area contributed by atoms with Gasteiger partial charge >= 0.3 is 0 Å². The molecule has 1 rings (SSSR count). The van der Waals surface area contributed by atoms with E-state index in [-0.39, 0.29) is 6.10 Å². The molecular weight excluding hydrogens is 252 g/mol. The molecule has 1 heterocycles. The summed E-state index contributed by atoms with van der Waals surface area (Å²) < 4.78 is 5.70. The van der Waals surface area contributed by atoms with Gasteiger partial charge in [-0.3, -0.25) is 5.43 Å². The highest BCUT2D eigenvalue weighted by molar-refractivity contribution is 4.77. The van der Waals surface area contributed by atoms with Crippen LogP contribution < -0.4 is 5.43 Å². The number of nitrogens with zero attached hydrogens (tertiary/aromatic N) is 1. The molecule has 20 heavy (non-hydrogen) atoms. The molecule has 0 aromatic heterocycles. The van der Waals surface area contributed by atoms with Crippen molar-refractivity contribution in [2.24, 2.45) is 5.92 Å². The molecule has 4 heteroatoms. The van der Waals surface area contributed by atoms with Crippen LogP contribution in [0.5, 0.6) is 0 Å². The van der Waals surface area contributed by atoms with E-state index >= 15 is 0 Å². The quantitative estimate of drug-likeness (QED) is 0.720. The molecule has 0 aromatic carbocycles. The fourth-order valence-electron chi connectivity index (χ4n) is 3.01. The lowest BCUT2D eigenvalue weighted by atomic mass is 10.00. The summed E-state index contributed by atoms with van der Waals surface area (Å²) in [6, 6.07) is 1.10. The topological polar surface area (TPSA) is 44.7 Å². The van der Waals surface area contributed by atoms with Gasteiger partial charge in [0.15, 0.2) is 0 Å². The van der Waals surface area contributed by atoms with Gasteiger partial charge in [0.2, 0.25) is 0 Å². The zero-order chi connectivity index (χ0) is 15.1. The van der Waals surface area contributed by atoms with Gasteiger partial charge in [0.25, 0.3) is 0 Å². The van der Waals surface area contributed by atoms with Crippen molar-refractivity contribution in [2.75, 3.05) is 13.2 Å². The molecular formula is C16H34N2O2. The average Bonchev–Trinajstić information content (AvgIpc) is 2.35. The highest BCUT2D eigenvalue weighted by Crippen LogP contribution is 2.20. The van der Waals surface area contributed by atoms with Crippen LogP contribution in [0.4, 0.5) is 0 Å². The van der Waals surface area contributed by atoms with Gasteiger partial charge in [0, 0.05) is 18.6 Å². The molecule has 1 aliphatic heterocycles. The van der Waals surface area contributed by atoms with Gasteiger partial charge < -0.3 is 9.84 Å². The van der Waals surface area contributed by atoms with Crippen LogP contribution in [-0.4, -0.2) is 47.6 Å². The fraction of sp³-hybridized carbons (Fsp3) is 1.00. The first kappa shape index (κ1) is 17.9. The second-order valence-electron chi connectivity index (χ2n) is 6.83. The van der Waals surface area contributed by atoms with Crippen LogP contribution in [0.3, 0.4) is 0 Å².